The molecular formula is C14H12BrN3O3. The number of carbonyl (C=O) groups excluding carboxylic acids is 2. The van der Waals surface area contributed by atoms with Crippen LogP contribution >= 0.6 is 15.9 Å². The summed E-state index contributed by atoms with van der Waals surface area (Å²) in [5.74, 6) is -0.129. The standard InChI is InChI=1S/C14H12BrN3O3/c1-21-13(19)10-8-9(15)5-6-11(10)17-14(20)18-12-4-2-3-7-16-12/h2-8H,1H3,(H2,16,17,18,20). The van der Waals surface area contributed by atoms with Crippen molar-refractivity contribution in [2.45, 2.75) is 0 Å². The molecule has 21 heavy (non-hydrogen) atoms. The first-order chi connectivity index (χ1) is 10.1. The van der Waals surface area contributed by atoms with Gasteiger partial charge in [-0.3, -0.25) is 5.32 Å². The lowest BCUT2D eigenvalue weighted by atomic mass is 10.2. The predicted molar refractivity (Wildman–Crippen MR) is 82.4 cm³/mol. The zero-order chi connectivity index (χ0) is 15.2. The number of carbonyl (C=O) groups is 2. The number of methoxy groups -OCH3 is 1. The Morgan fingerprint density at radius 2 is 2.00 bits per heavy atom. The summed E-state index contributed by atoms with van der Waals surface area (Å²) in [6.45, 7) is 0. The molecule has 0 atom stereocenters. The van der Waals surface area contributed by atoms with Gasteiger partial charge in [0, 0.05) is 10.7 Å². The van der Waals surface area contributed by atoms with Crippen LogP contribution in [0.2, 0.25) is 0 Å². The van der Waals surface area contributed by atoms with Gasteiger partial charge in [-0.05, 0) is 30.3 Å². The monoisotopic (exact) mass is 349 g/mol. The first kappa shape index (κ1) is 15.0. The molecule has 2 N–H and O–H groups in total. The average Bonchev–Trinajstić information content (AvgIpc) is 2.49. The number of ether oxygens (including phenoxy) is 1. The lowest BCUT2D eigenvalue weighted by molar-refractivity contribution is 0.0602. The molecular weight excluding hydrogens is 338 g/mol. The first-order valence-electron chi connectivity index (χ1n) is 5.97. The van der Waals surface area contributed by atoms with Crippen molar-refractivity contribution in [3.63, 3.8) is 0 Å². The molecule has 0 aliphatic heterocycles. The first-order valence-corrected chi connectivity index (χ1v) is 6.76. The van der Waals surface area contributed by atoms with Crippen molar-refractivity contribution in [2.75, 3.05) is 17.7 Å². The van der Waals surface area contributed by atoms with Crippen molar-refractivity contribution in [3.8, 4) is 0 Å². The van der Waals surface area contributed by atoms with Gasteiger partial charge in [0.2, 0.25) is 0 Å². The molecule has 0 unspecified atom stereocenters. The Kier molecular flexibility index (Phi) is 4.89. The highest BCUT2D eigenvalue weighted by molar-refractivity contribution is 9.10. The second kappa shape index (κ2) is 6.85. The van der Waals surface area contributed by atoms with Crippen molar-refractivity contribution >= 4 is 39.4 Å². The number of nitrogens with one attached hydrogen (secondary N) is 2. The van der Waals surface area contributed by atoms with Gasteiger partial charge in [0.1, 0.15) is 5.82 Å². The number of anilines is 2. The predicted octanol–water partition coefficient (Wildman–Crippen LogP) is 3.27. The molecule has 1 aromatic heterocycles. The number of nitrogens with zero attached hydrogens (tertiary/aromatic N) is 1. The minimum absolute atomic E-state index is 0.253. The van der Waals surface area contributed by atoms with Gasteiger partial charge in [0.05, 0.1) is 18.4 Å². The summed E-state index contributed by atoms with van der Waals surface area (Å²) in [6.07, 6.45) is 1.56. The smallest absolute Gasteiger partial charge is 0.340 e. The van der Waals surface area contributed by atoms with Crippen LogP contribution in [0.3, 0.4) is 0 Å². The van der Waals surface area contributed by atoms with Crippen LogP contribution in [-0.2, 0) is 4.74 Å². The van der Waals surface area contributed by atoms with Crippen LogP contribution in [0.25, 0.3) is 0 Å². The molecule has 1 heterocycles. The fraction of sp³-hybridized carbons (Fsp3) is 0.0714. The molecule has 0 bridgehead atoms. The highest BCUT2D eigenvalue weighted by Gasteiger charge is 2.14. The summed E-state index contributed by atoms with van der Waals surface area (Å²) < 4.78 is 5.39. The number of halogens is 1. The molecule has 2 rings (SSSR count). The van der Waals surface area contributed by atoms with E-state index in [-0.39, 0.29) is 5.56 Å². The molecule has 108 valence electrons. The summed E-state index contributed by atoms with van der Waals surface area (Å²) in [7, 11) is 1.28. The maximum Gasteiger partial charge on any atom is 0.340 e. The van der Waals surface area contributed by atoms with Crippen LogP contribution in [0.5, 0.6) is 0 Å². The van der Waals surface area contributed by atoms with Crippen LogP contribution in [0.1, 0.15) is 10.4 Å². The molecule has 0 saturated carbocycles. The molecule has 0 spiro atoms. The zero-order valence-electron chi connectivity index (χ0n) is 11.1. The van der Waals surface area contributed by atoms with Gasteiger partial charge in [0.25, 0.3) is 0 Å². The van der Waals surface area contributed by atoms with Gasteiger partial charge >= 0.3 is 12.0 Å². The van der Waals surface area contributed by atoms with Gasteiger partial charge in [-0.1, -0.05) is 22.0 Å². The van der Waals surface area contributed by atoms with Gasteiger partial charge < -0.3 is 10.1 Å². The number of pyridine rings is 1. The normalized spacial score (nSPS) is 9.81. The molecule has 0 aliphatic rings. The Morgan fingerprint density at radius 3 is 2.67 bits per heavy atom. The zero-order valence-corrected chi connectivity index (χ0v) is 12.7. The summed E-state index contributed by atoms with van der Waals surface area (Å²) in [6, 6.07) is 9.54. The van der Waals surface area contributed by atoms with Gasteiger partial charge in [0.15, 0.2) is 0 Å². The SMILES string of the molecule is COC(=O)c1cc(Br)ccc1NC(=O)Nc1ccccn1. The van der Waals surface area contributed by atoms with E-state index in [0.717, 1.165) is 0 Å². The van der Waals surface area contributed by atoms with E-state index < -0.39 is 12.0 Å². The van der Waals surface area contributed by atoms with Crippen molar-refractivity contribution in [1.29, 1.82) is 0 Å². The number of esters is 1. The Morgan fingerprint density at radius 1 is 1.19 bits per heavy atom. The molecule has 7 heteroatoms. The Balaban J connectivity index is 2.15. The maximum absolute atomic E-state index is 11.9. The summed E-state index contributed by atoms with van der Waals surface area (Å²) in [5, 5.41) is 5.15. The summed E-state index contributed by atoms with van der Waals surface area (Å²) in [5.41, 5.74) is 0.599. The van der Waals surface area contributed by atoms with E-state index >= 15 is 0 Å². The van der Waals surface area contributed by atoms with E-state index in [1.807, 2.05) is 0 Å². The van der Waals surface area contributed by atoms with E-state index in [2.05, 4.69) is 36.3 Å². The lowest BCUT2D eigenvalue weighted by Crippen LogP contribution is -2.21. The number of urea groups is 1. The topological polar surface area (TPSA) is 80.3 Å². The number of benzene rings is 1. The van der Waals surface area contributed by atoms with E-state index in [4.69, 9.17) is 0 Å². The van der Waals surface area contributed by atoms with Gasteiger partial charge in [-0.2, -0.15) is 0 Å². The third-order valence-corrected chi connectivity index (χ3v) is 3.03. The molecule has 2 amide bonds. The van der Waals surface area contributed by atoms with Crippen LogP contribution in [0, 0.1) is 0 Å². The molecule has 0 aliphatic carbocycles. The van der Waals surface area contributed by atoms with Crippen molar-refractivity contribution in [2.24, 2.45) is 0 Å². The largest absolute Gasteiger partial charge is 0.465 e. The fourth-order valence-electron chi connectivity index (χ4n) is 1.61. The number of hydrogen-bond donors (Lipinski definition) is 2. The maximum atomic E-state index is 11.9. The summed E-state index contributed by atoms with van der Waals surface area (Å²) in [4.78, 5) is 27.6. The molecule has 2 aromatic rings. The molecule has 0 radical (unpaired) electrons. The van der Waals surface area contributed by atoms with E-state index in [0.29, 0.717) is 16.0 Å². The molecule has 0 saturated heterocycles. The quantitative estimate of drug-likeness (QED) is 0.833. The highest BCUT2D eigenvalue weighted by Crippen LogP contribution is 2.22. The van der Waals surface area contributed by atoms with Crippen LogP contribution in [-0.4, -0.2) is 24.1 Å². The van der Waals surface area contributed by atoms with Gasteiger partial charge in [-0.25, -0.2) is 14.6 Å². The third kappa shape index (κ3) is 4.03. The van der Waals surface area contributed by atoms with Crippen molar-refractivity contribution in [1.82, 2.24) is 4.98 Å². The Labute approximate surface area is 129 Å². The molecule has 6 nitrogen and oxygen atoms in total. The summed E-state index contributed by atoms with van der Waals surface area (Å²) >= 11 is 3.27. The number of rotatable bonds is 3. The third-order valence-electron chi connectivity index (χ3n) is 2.54. The van der Waals surface area contributed by atoms with E-state index in [9.17, 15) is 9.59 Å². The number of aromatic nitrogens is 1. The minimum Gasteiger partial charge on any atom is -0.465 e. The van der Waals surface area contributed by atoms with Gasteiger partial charge in [-0.15, -0.1) is 0 Å². The van der Waals surface area contributed by atoms with E-state index in [1.54, 1.807) is 42.6 Å². The Hall–Kier alpha value is -2.41. The minimum atomic E-state index is -0.538. The van der Waals surface area contributed by atoms with Crippen LogP contribution in [0.4, 0.5) is 16.3 Å². The number of hydrogen-bond acceptors (Lipinski definition) is 4. The fourth-order valence-corrected chi connectivity index (χ4v) is 1.97. The van der Waals surface area contributed by atoms with Crippen molar-refractivity contribution < 1.29 is 14.3 Å². The van der Waals surface area contributed by atoms with E-state index in [1.165, 1.54) is 7.11 Å². The highest BCUT2D eigenvalue weighted by atomic mass is 79.9. The van der Waals surface area contributed by atoms with Crippen LogP contribution < -0.4 is 10.6 Å². The lowest BCUT2D eigenvalue weighted by Gasteiger charge is -2.11. The second-order valence-corrected chi connectivity index (χ2v) is 4.89. The molecule has 1 aromatic carbocycles. The molecule has 0 fully saturated rings. The average molecular weight is 350 g/mol. The van der Waals surface area contributed by atoms with Crippen LogP contribution in [0.15, 0.2) is 47.1 Å². The second-order valence-electron chi connectivity index (χ2n) is 3.98. The number of amides is 2. The Bertz CT molecular complexity index is 662. The van der Waals surface area contributed by atoms with Crippen molar-refractivity contribution in [3.05, 3.63) is 52.6 Å².